The van der Waals surface area contributed by atoms with Crippen molar-refractivity contribution >= 4 is 9.84 Å². The van der Waals surface area contributed by atoms with Gasteiger partial charge in [-0.2, -0.15) is 0 Å². The van der Waals surface area contributed by atoms with Crippen LogP contribution in [0.2, 0.25) is 0 Å². The summed E-state index contributed by atoms with van der Waals surface area (Å²) in [6.45, 7) is 3.87. The molecule has 0 saturated carbocycles. The molecule has 2 aromatic rings. The maximum absolute atomic E-state index is 12.2. The Hall–Kier alpha value is -2.43. The van der Waals surface area contributed by atoms with Crippen molar-refractivity contribution in [1.82, 2.24) is 0 Å². The van der Waals surface area contributed by atoms with E-state index in [4.69, 9.17) is 4.74 Å². The van der Waals surface area contributed by atoms with Gasteiger partial charge in [0, 0.05) is 5.41 Å². The molecule has 1 unspecified atom stereocenters. The van der Waals surface area contributed by atoms with Crippen LogP contribution in [0.25, 0.3) is 0 Å². The second kappa shape index (κ2) is 9.77. The highest BCUT2D eigenvalue weighted by Crippen LogP contribution is 2.21. The van der Waals surface area contributed by atoms with Gasteiger partial charge in [0.1, 0.15) is 0 Å². The summed E-state index contributed by atoms with van der Waals surface area (Å²) in [6.07, 6.45) is 7.66. The molecular formula is C21H22O3S. The second-order valence-electron chi connectivity index (χ2n) is 5.36. The molecule has 0 fully saturated rings. The van der Waals surface area contributed by atoms with Crippen molar-refractivity contribution in [1.29, 1.82) is 0 Å². The van der Waals surface area contributed by atoms with Crippen LogP contribution in [0.15, 0.2) is 102 Å². The van der Waals surface area contributed by atoms with Gasteiger partial charge in [-0.25, -0.2) is 8.42 Å². The molecule has 0 radical (unpaired) electrons. The van der Waals surface area contributed by atoms with Crippen molar-refractivity contribution in [3.63, 3.8) is 0 Å². The predicted octanol–water partition coefficient (Wildman–Crippen LogP) is 4.86. The fourth-order valence-electron chi connectivity index (χ4n) is 2.29. The van der Waals surface area contributed by atoms with Gasteiger partial charge in [0.2, 0.25) is 0 Å². The van der Waals surface area contributed by atoms with Crippen LogP contribution in [-0.4, -0.2) is 15.0 Å². The molecule has 0 aromatic heterocycles. The number of benzene rings is 2. The smallest absolute Gasteiger partial charge is 0.199 e. The molecule has 3 nitrogen and oxygen atoms in total. The molecule has 0 bridgehead atoms. The lowest BCUT2D eigenvalue weighted by atomic mass is 10.1. The average molecular weight is 354 g/mol. The lowest BCUT2D eigenvalue weighted by Gasteiger charge is -2.15. The Morgan fingerprint density at radius 1 is 0.960 bits per heavy atom. The normalized spacial score (nSPS) is 13.3. The topological polar surface area (TPSA) is 43.4 Å². The van der Waals surface area contributed by atoms with Crippen LogP contribution in [0.4, 0.5) is 0 Å². The molecule has 0 spiro atoms. The Morgan fingerprint density at radius 3 is 2.24 bits per heavy atom. The number of rotatable bonds is 9. The van der Waals surface area contributed by atoms with E-state index in [1.54, 1.807) is 36.4 Å². The van der Waals surface area contributed by atoms with E-state index < -0.39 is 9.84 Å². The highest BCUT2D eigenvalue weighted by atomic mass is 32.2. The lowest BCUT2D eigenvalue weighted by molar-refractivity contribution is 0.0765. The van der Waals surface area contributed by atoms with Crippen LogP contribution in [0, 0.1) is 0 Å². The molecule has 130 valence electrons. The van der Waals surface area contributed by atoms with Crippen molar-refractivity contribution < 1.29 is 13.2 Å². The van der Waals surface area contributed by atoms with E-state index >= 15 is 0 Å². The molecular weight excluding hydrogens is 332 g/mol. The maximum Gasteiger partial charge on any atom is 0.199 e. The molecule has 0 heterocycles. The first-order valence-corrected chi connectivity index (χ1v) is 9.59. The minimum Gasteiger partial charge on any atom is -0.369 e. The maximum atomic E-state index is 12.2. The molecule has 1 atom stereocenters. The van der Waals surface area contributed by atoms with Crippen molar-refractivity contribution in [2.45, 2.75) is 17.4 Å². The number of ether oxygens (including phenoxy) is 1. The van der Waals surface area contributed by atoms with Gasteiger partial charge >= 0.3 is 0 Å². The van der Waals surface area contributed by atoms with Crippen molar-refractivity contribution in [3.8, 4) is 0 Å². The van der Waals surface area contributed by atoms with E-state index in [9.17, 15) is 8.42 Å². The number of sulfone groups is 1. The standard InChI is InChI=1S/C21H22O3S/c1-2-3-6-16-21(19-12-7-4-8-13-19)24-17-11-18-25(22,23)20-14-9-5-10-15-20/h2-15,18,21H,1,16-17H2/b6-3+,18-11+. The minimum atomic E-state index is -3.43. The largest absolute Gasteiger partial charge is 0.369 e. The van der Waals surface area contributed by atoms with Gasteiger partial charge in [-0.3, -0.25) is 0 Å². The van der Waals surface area contributed by atoms with Gasteiger partial charge in [-0.05, 0) is 30.2 Å². The van der Waals surface area contributed by atoms with Crippen LogP contribution in [0.1, 0.15) is 18.1 Å². The van der Waals surface area contributed by atoms with Gasteiger partial charge in [0.25, 0.3) is 0 Å². The first kappa shape index (κ1) is 18.9. The number of hydrogen-bond donors (Lipinski definition) is 0. The van der Waals surface area contributed by atoms with E-state index in [1.165, 1.54) is 11.5 Å². The fourth-order valence-corrected chi connectivity index (χ4v) is 3.32. The zero-order valence-electron chi connectivity index (χ0n) is 14.0. The van der Waals surface area contributed by atoms with E-state index in [-0.39, 0.29) is 17.6 Å². The molecule has 0 saturated heterocycles. The third kappa shape index (κ3) is 6.18. The van der Waals surface area contributed by atoms with E-state index in [0.29, 0.717) is 6.42 Å². The van der Waals surface area contributed by atoms with Crippen LogP contribution in [0.5, 0.6) is 0 Å². The molecule has 0 aliphatic heterocycles. The molecule has 4 heteroatoms. The average Bonchev–Trinajstić information content (AvgIpc) is 2.65. The zero-order valence-corrected chi connectivity index (χ0v) is 14.8. The Morgan fingerprint density at radius 2 is 1.60 bits per heavy atom. The summed E-state index contributed by atoms with van der Waals surface area (Å²) in [4.78, 5) is 0.278. The fraction of sp³-hybridized carbons (Fsp3) is 0.143. The highest BCUT2D eigenvalue weighted by Gasteiger charge is 2.11. The van der Waals surface area contributed by atoms with Crippen LogP contribution >= 0.6 is 0 Å². The van der Waals surface area contributed by atoms with E-state index in [1.807, 2.05) is 42.5 Å². The zero-order chi connectivity index (χ0) is 18.0. The summed E-state index contributed by atoms with van der Waals surface area (Å²) in [5.74, 6) is 0. The number of allylic oxidation sites excluding steroid dienone is 2. The van der Waals surface area contributed by atoms with Gasteiger partial charge in [0.05, 0.1) is 17.6 Å². The van der Waals surface area contributed by atoms with Gasteiger partial charge in [-0.15, -0.1) is 0 Å². The Kier molecular flexibility index (Phi) is 7.38. The monoisotopic (exact) mass is 354 g/mol. The Bertz CT molecular complexity index is 807. The molecule has 0 amide bonds. The quantitative estimate of drug-likeness (QED) is 0.604. The van der Waals surface area contributed by atoms with Crippen LogP contribution < -0.4 is 0 Å². The lowest BCUT2D eigenvalue weighted by Crippen LogP contribution is -2.04. The summed E-state index contributed by atoms with van der Waals surface area (Å²) >= 11 is 0. The third-order valence-electron chi connectivity index (χ3n) is 3.53. The molecule has 0 aliphatic rings. The number of hydrogen-bond acceptors (Lipinski definition) is 3. The summed E-state index contributed by atoms with van der Waals surface area (Å²) in [7, 11) is -3.43. The minimum absolute atomic E-state index is 0.138. The highest BCUT2D eigenvalue weighted by molar-refractivity contribution is 7.94. The Labute approximate surface area is 149 Å². The third-order valence-corrected chi connectivity index (χ3v) is 5.01. The SMILES string of the molecule is C=C/C=C/CC(OC/C=C/S(=O)(=O)c1ccccc1)c1ccccc1. The van der Waals surface area contributed by atoms with Gasteiger partial charge in [-0.1, -0.05) is 73.3 Å². The summed E-state index contributed by atoms with van der Waals surface area (Å²) < 4.78 is 30.3. The van der Waals surface area contributed by atoms with Crippen molar-refractivity contribution in [2.24, 2.45) is 0 Å². The van der Waals surface area contributed by atoms with Gasteiger partial charge in [0.15, 0.2) is 9.84 Å². The van der Waals surface area contributed by atoms with E-state index in [2.05, 4.69) is 6.58 Å². The second-order valence-corrected chi connectivity index (χ2v) is 7.20. The Balaban J connectivity index is 2.00. The molecule has 2 aromatic carbocycles. The molecule has 0 N–H and O–H groups in total. The first-order chi connectivity index (χ1) is 12.1. The summed E-state index contributed by atoms with van der Waals surface area (Å²) in [5.41, 5.74) is 1.05. The van der Waals surface area contributed by atoms with E-state index in [0.717, 1.165) is 5.56 Å². The molecule has 25 heavy (non-hydrogen) atoms. The summed E-state index contributed by atoms with van der Waals surface area (Å²) in [6, 6.07) is 18.2. The van der Waals surface area contributed by atoms with Crippen molar-refractivity contribution in [3.05, 3.63) is 103 Å². The molecule has 2 rings (SSSR count). The van der Waals surface area contributed by atoms with Crippen LogP contribution in [-0.2, 0) is 14.6 Å². The molecule has 0 aliphatic carbocycles. The summed E-state index contributed by atoms with van der Waals surface area (Å²) in [5, 5.41) is 1.20. The predicted molar refractivity (Wildman–Crippen MR) is 102 cm³/mol. The van der Waals surface area contributed by atoms with Crippen molar-refractivity contribution in [2.75, 3.05) is 6.61 Å². The van der Waals surface area contributed by atoms with Gasteiger partial charge < -0.3 is 4.74 Å². The first-order valence-electron chi connectivity index (χ1n) is 8.04. The van der Waals surface area contributed by atoms with Crippen LogP contribution in [0.3, 0.4) is 0 Å².